The molecule has 0 radical (unpaired) electrons. The van der Waals surface area contributed by atoms with Crippen LogP contribution in [0.25, 0.3) is 22.3 Å². The number of aryl methyl sites for hydroxylation is 1. The third-order valence-corrected chi connectivity index (χ3v) is 8.12. The van der Waals surface area contributed by atoms with E-state index in [0.29, 0.717) is 11.7 Å². The number of hydrogen-bond acceptors (Lipinski definition) is 3. The van der Waals surface area contributed by atoms with Gasteiger partial charge in [0, 0.05) is 0 Å². The second kappa shape index (κ2) is 13.6. The molecule has 0 aromatic heterocycles. The first-order chi connectivity index (χ1) is 18.5. The van der Waals surface area contributed by atoms with Crippen LogP contribution in [0.2, 0.25) is 0 Å². The highest BCUT2D eigenvalue weighted by molar-refractivity contribution is 5.89. The number of aliphatic hydroxyl groups is 1. The molecule has 4 rings (SSSR count). The van der Waals surface area contributed by atoms with E-state index in [-0.39, 0.29) is 5.57 Å². The Balaban J connectivity index is 1.41. The Bertz CT molecular complexity index is 1200. The minimum Gasteiger partial charge on any atom is -0.423 e. The van der Waals surface area contributed by atoms with Gasteiger partial charge in [0.15, 0.2) is 0 Å². The first kappa shape index (κ1) is 27.9. The standard InChI is InChI=1S/C35H42O3/c1-4-6-7-8-26-9-11-28(12-10-26)29-13-15-30(16-14-29)32-19-22-34(27(5-2)23-32)31-17-20-33(21-18-31)38-35(37)25(3)24-36/h13-23,26,28,36H,3-12,24H2,1-2H3. The molecule has 0 spiro atoms. The molecule has 0 amide bonds. The van der Waals surface area contributed by atoms with Crippen molar-refractivity contribution in [1.82, 2.24) is 0 Å². The van der Waals surface area contributed by atoms with Crippen molar-refractivity contribution in [3.05, 3.63) is 90.0 Å². The van der Waals surface area contributed by atoms with Crippen LogP contribution in [0.15, 0.2) is 78.9 Å². The van der Waals surface area contributed by atoms with Gasteiger partial charge < -0.3 is 9.84 Å². The third kappa shape index (κ3) is 7.02. The molecule has 0 saturated heterocycles. The van der Waals surface area contributed by atoms with Gasteiger partial charge in [-0.2, -0.15) is 0 Å². The Kier molecular flexibility index (Phi) is 9.95. The van der Waals surface area contributed by atoms with Gasteiger partial charge >= 0.3 is 5.97 Å². The van der Waals surface area contributed by atoms with Gasteiger partial charge in [-0.3, -0.25) is 0 Å². The Morgan fingerprint density at radius 2 is 1.53 bits per heavy atom. The van der Waals surface area contributed by atoms with E-state index in [0.717, 1.165) is 17.9 Å². The van der Waals surface area contributed by atoms with Crippen LogP contribution < -0.4 is 4.74 Å². The lowest BCUT2D eigenvalue weighted by atomic mass is 9.77. The molecule has 3 aromatic rings. The van der Waals surface area contributed by atoms with Crippen molar-refractivity contribution in [1.29, 1.82) is 0 Å². The van der Waals surface area contributed by atoms with Crippen molar-refractivity contribution in [2.75, 3.05) is 6.61 Å². The SMILES string of the molecule is C=C(CO)C(=O)Oc1ccc(-c2ccc(-c3ccc(C4CCC(CCCCC)CC4)cc3)cc2CC)cc1. The summed E-state index contributed by atoms with van der Waals surface area (Å²) >= 11 is 0. The summed E-state index contributed by atoms with van der Waals surface area (Å²) in [6.07, 6.45) is 11.9. The topological polar surface area (TPSA) is 46.5 Å². The summed E-state index contributed by atoms with van der Waals surface area (Å²) in [4.78, 5) is 11.9. The fourth-order valence-corrected chi connectivity index (χ4v) is 5.71. The quantitative estimate of drug-likeness (QED) is 0.121. The van der Waals surface area contributed by atoms with Gasteiger partial charge in [-0.25, -0.2) is 4.79 Å². The molecule has 3 nitrogen and oxygen atoms in total. The number of aliphatic hydroxyl groups excluding tert-OH is 1. The van der Waals surface area contributed by atoms with Crippen LogP contribution in [0, 0.1) is 5.92 Å². The number of hydrogen-bond donors (Lipinski definition) is 1. The number of ether oxygens (including phenoxy) is 1. The van der Waals surface area contributed by atoms with Crippen LogP contribution in [0.3, 0.4) is 0 Å². The number of benzene rings is 3. The molecule has 0 aliphatic heterocycles. The van der Waals surface area contributed by atoms with Crippen molar-refractivity contribution in [3.8, 4) is 28.0 Å². The second-order valence-corrected chi connectivity index (χ2v) is 10.7. The van der Waals surface area contributed by atoms with E-state index < -0.39 is 12.6 Å². The molecule has 1 N–H and O–H groups in total. The minimum absolute atomic E-state index is 0.0381. The number of unbranched alkanes of at least 4 members (excludes halogenated alkanes) is 2. The Labute approximate surface area is 228 Å². The van der Waals surface area contributed by atoms with E-state index in [4.69, 9.17) is 9.84 Å². The lowest BCUT2D eigenvalue weighted by molar-refractivity contribution is -0.130. The van der Waals surface area contributed by atoms with Gasteiger partial charge in [-0.05, 0) is 89.5 Å². The van der Waals surface area contributed by atoms with Crippen LogP contribution in [-0.4, -0.2) is 17.7 Å². The molecule has 1 aliphatic rings. The zero-order chi connectivity index (χ0) is 26.9. The van der Waals surface area contributed by atoms with Crippen molar-refractivity contribution in [3.63, 3.8) is 0 Å². The Morgan fingerprint density at radius 1 is 0.868 bits per heavy atom. The van der Waals surface area contributed by atoms with Gasteiger partial charge in [-0.1, -0.05) is 101 Å². The summed E-state index contributed by atoms with van der Waals surface area (Å²) in [5.41, 5.74) is 7.58. The minimum atomic E-state index is -0.611. The predicted molar refractivity (Wildman–Crippen MR) is 157 cm³/mol. The molecule has 200 valence electrons. The van der Waals surface area contributed by atoms with Crippen molar-refractivity contribution < 1.29 is 14.6 Å². The highest BCUT2D eigenvalue weighted by Gasteiger charge is 2.22. The van der Waals surface area contributed by atoms with Gasteiger partial charge in [-0.15, -0.1) is 0 Å². The Morgan fingerprint density at radius 3 is 2.16 bits per heavy atom. The van der Waals surface area contributed by atoms with E-state index in [1.807, 2.05) is 12.1 Å². The molecule has 0 atom stereocenters. The van der Waals surface area contributed by atoms with E-state index in [1.165, 1.54) is 79.2 Å². The summed E-state index contributed by atoms with van der Waals surface area (Å²) < 4.78 is 5.27. The van der Waals surface area contributed by atoms with Crippen LogP contribution in [0.1, 0.15) is 82.3 Å². The van der Waals surface area contributed by atoms with E-state index in [1.54, 1.807) is 12.1 Å². The van der Waals surface area contributed by atoms with Crippen LogP contribution >= 0.6 is 0 Å². The van der Waals surface area contributed by atoms with Crippen LogP contribution in [0.4, 0.5) is 0 Å². The van der Waals surface area contributed by atoms with Gasteiger partial charge in [0.05, 0.1) is 12.2 Å². The maximum atomic E-state index is 11.9. The lowest BCUT2D eigenvalue weighted by Crippen LogP contribution is -2.13. The van der Waals surface area contributed by atoms with Crippen molar-refractivity contribution >= 4 is 5.97 Å². The smallest absolute Gasteiger partial charge is 0.341 e. The van der Waals surface area contributed by atoms with Crippen molar-refractivity contribution in [2.45, 2.75) is 77.6 Å². The van der Waals surface area contributed by atoms with Crippen LogP contribution in [0.5, 0.6) is 5.75 Å². The van der Waals surface area contributed by atoms with Gasteiger partial charge in [0.2, 0.25) is 0 Å². The summed E-state index contributed by atoms with van der Waals surface area (Å²) in [6.45, 7) is 7.57. The molecule has 0 bridgehead atoms. The highest BCUT2D eigenvalue weighted by atomic mass is 16.5. The molecule has 1 aliphatic carbocycles. The molecular weight excluding hydrogens is 468 g/mol. The third-order valence-electron chi connectivity index (χ3n) is 8.12. The van der Waals surface area contributed by atoms with E-state index in [2.05, 4.69) is 62.9 Å². The number of carbonyl (C=O) groups excluding carboxylic acids is 1. The molecule has 38 heavy (non-hydrogen) atoms. The van der Waals surface area contributed by atoms with Gasteiger partial charge in [0.1, 0.15) is 5.75 Å². The monoisotopic (exact) mass is 510 g/mol. The maximum absolute atomic E-state index is 11.9. The molecule has 3 heteroatoms. The summed E-state index contributed by atoms with van der Waals surface area (Å²) in [6, 6.07) is 23.5. The summed E-state index contributed by atoms with van der Waals surface area (Å²) in [5.74, 6) is 1.48. The average molecular weight is 511 g/mol. The second-order valence-electron chi connectivity index (χ2n) is 10.7. The summed E-state index contributed by atoms with van der Waals surface area (Å²) in [7, 11) is 0. The molecule has 1 fully saturated rings. The van der Waals surface area contributed by atoms with E-state index >= 15 is 0 Å². The van der Waals surface area contributed by atoms with E-state index in [9.17, 15) is 4.79 Å². The fourth-order valence-electron chi connectivity index (χ4n) is 5.71. The van der Waals surface area contributed by atoms with Crippen molar-refractivity contribution in [2.24, 2.45) is 5.92 Å². The maximum Gasteiger partial charge on any atom is 0.341 e. The van der Waals surface area contributed by atoms with Crippen LogP contribution in [-0.2, 0) is 11.2 Å². The predicted octanol–water partition coefficient (Wildman–Crippen LogP) is 8.89. The molecular formula is C35H42O3. The first-order valence-corrected chi connectivity index (χ1v) is 14.4. The zero-order valence-corrected chi connectivity index (χ0v) is 23.0. The molecule has 0 unspecified atom stereocenters. The Hall–Kier alpha value is -3.17. The molecule has 0 heterocycles. The highest BCUT2D eigenvalue weighted by Crippen LogP contribution is 2.38. The average Bonchev–Trinajstić information content (AvgIpc) is 2.97. The fraction of sp³-hybridized carbons (Fsp3) is 0.400. The molecule has 3 aromatic carbocycles. The summed E-state index contributed by atoms with van der Waals surface area (Å²) in [5, 5.41) is 9.05. The first-order valence-electron chi connectivity index (χ1n) is 14.4. The normalized spacial score (nSPS) is 17.2. The number of carbonyl (C=O) groups is 1. The molecule has 1 saturated carbocycles. The zero-order valence-electron chi connectivity index (χ0n) is 23.0. The number of esters is 1. The van der Waals surface area contributed by atoms with Gasteiger partial charge in [0.25, 0.3) is 0 Å². The lowest BCUT2D eigenvalue weighted by Gasteiger charge is -2.29. The number of rotatable bonds is 11. The largest absolute Gasteiger partial charge is 0.423 e.